The molecule has 0 aromatic heterocycles. The monoisotopic (exact) mass is 220 g/mol. The number of rotatable bonds is 8. The topological polar surface area (TPSA) is 69.9 Å². The fraction of sp³-hybridized carbons (Fsp3) is 1.00. The maximum absolute atomic E-state index is 10.1. The van der Waals surface area contributed by atoms with Crippen molar-refractivity contribution >= 4 is 0 Å². The zero-order valence-corrected chi connectivity index (χ0v) is 9.94. The lowest BCUT2D eigenvalue weighted by Crippen LogP contribution is -2.52. The highest BCUT2D eigenvalue weighted by Crippen LogP contribution is 2.24. The van der Waals surface area contributed by atoms with E-state index in [1.54, 1.807) is 6.92 Å². The van der Waals surface area contributed by atoms with Gasteiger partial charge >= 0.3 is 0 Å². The van der Waals surface area contributed by atoms with Crippen molar-refractivity contribution in [3.05, 3.63) is 0 Å². The Bertz CT molecular complexity index is 163. The van der Waals surface area contributed by atoms with Crippen LogP contribution >= 0.6 is 0 Å². The first-order valence-corrected chi connectivity index (χ1v) is 5.72. The predicted molar refractivity (Wildman–Crippen MR) is 58.4 cm³/mol. The van der Waals surface area contributed by atoms with Crippen molar-refractivity contribution in [1.29, 1.82) is 0 Å². The maximum atomic E-state index is 10.1. The van der Waals surface area contributed by atoms with Crippen LogP contribution in [0.15, 0.2) is 0 Å². The fourth-order valence-electron chi connectivity index (χ4n) is 1.47. The third-order valence-corrected chi connectivity index (χ3v) is 2.61. The molecule has 0 saturated heterocycles. The van der Waals surface area contributed by atoms with Crippen molar-refractivity contribution in [2.45, 2.75) is 64.4 Å². The van der Waals surface area contributed by atoms with Crippen molar-refractivity contribution in [2.75, 3.05) is 6.61 Å². The smallest absolute Gasteiger partial charge is 0.186 e. The summed E-state index contributed by atoms with van der Waals surface area (Å²) in [6.07, 6.45) is -0.0240. The third kappa shape index (κ3) is 4.07. The molecule has 0 aromatic rings. The molecule has 3 unspecified atom stereocenters. The Kier molecular flexibility index (Phi) is 7.09. The van der Waals surface area contributed by atoms with Crippen LogP contribution in [0.4, 0.5) is 0 Å². The molecule has 0 amide bonds. The molecular weight excluding hydrogens is 196 g/mol. The molecule has 0 heterocycles. The van der Waals surface area contributed by atoms with E-state index in [1.165, 1.54) is 0 Å². The van der Waals surface area contributed by atoms with Gasteiger partial charge in [-0.2, -0.15) is 0 Å². The molecular formula is C11H24O4. The van der Waals surface area contributed by atoms with Crippen LogP contribution in [0.1, 0.15) is 46.5 Å². The Morgan fingerprint density at radius 2 is 1.73 bits per heavy atom. The van der Waals surface area contributed by atoms with Crippen LogP contribution in [0, 0.1) is 0 Å². The average Bonchev–Trinajstić information content (AvgIpc) is 2.24. The molecule has 0 saturated carbocycles. The van der Waals surface area contributed by atoms with Gasteiger partial charge in [-0.1, -0.05) is 27.2 Å². The lowest BCUT2D eigenvalue weighted by Gasteiger charge is -2.35. The summed E-state index contributed by atoms with van der Waals surface area (Å²) in [5.74, 6) is 0. The highest BCUT2D eigenvalue weighted by atomic mass is 16.6. The molecule has 0 fully saturated rings. The molecule has 0 aromatic carbocycles. The summed E-state index contributed by atoms with van der Waals surface area (Å²) in [5.41, 5.74) is -1.55. The minimum absolute atomic E-state index is 0.263. The molecule has 3 atom stereocenters. The van der Waals surface area contributed by atoms with Crippen molar-refractivity contribution in [3.63, 3.8) is 0 Å². The summed E-state index contributed by atoms with van der Waals surface area (Å²) in [6, 6.07) is 0. The fourth-order valence-corrected chi connectivity index (χ4v) is 1.47. The van der Waals surface area contributed by atoms with Gasteiger partial charge in [-0.25, -0.2) is 0 Å². The molecule has 0 rings (SSSR count). The van der Waals surface area contributed by atoms with Crippen LogP contribution in [-0.2, 0) is 4.74 Å². The lowest BCUT2D eigenvalue weighted by molar-refractivity contribution is -0.247. The van der Waals surface area contributed by atoms with E-state index in [4.69, 9.17) is 4.74 Å². The van der Waals surface area contributed by atoms with E-state index in [1.807, 2.05) is 13.8 Å². The number of hydrogen-bond acceptors (Lipinski definition) is 4. The summed E-state index contributed by atoms with van der Waals surface area (Å²) in [7, 11) is 0. The summed E-state index contributed by atoms with van der Waals surface area (Å²) in [6.45, 7) is 5.93. The van der Waals surface area contributed by atoms with E-state index in [2.05, 4.69) is 0 Å². The second-order valence-corrected chi connectivity index (χ2v) is 3.87. The molecule has 0 bridgehead atoms. The first kappa shape index (κ1) is 14.8. The van der Waals surface area contributed by atoms with Gasteiger partial charge in [-0.3, -0.25) is 0 Å². The van der Waals surface area contributed by atoms with E-state index in [0.717, 1.165) is 12.8 Å². The normalized spacial score (nSPS) is 19.6. The SMILES string of the molecule is CCCOC(O)C(O)(CC)C(O)CCC. The first-order valence-electron chi connectivity index (χ1n) is 5.72. The molecule has 3 N–H and O–H groups in total. The highest BCUT2D eigenvalue weighted by Gasteiger charge is 2.41. The standard InChI is InChI=1S/C11H24O4/c1-4-7-9(12)11(14,6-3)10(13)15-8-5-2/h9-10,12-14H,4-8H2,1-3H3. The van der Waals surface area contributed by atoms with Gasteiger partial charge < -0.3 is 20.1 Å². The average molecular weight is 220 g/mol. The van der Waals surface area contributed by atoms with Crippen LogP contribution in [0.5, 0.6) is 0 Å². The largest absolute Gasteiger partial charge is 0.390 e. The van der Waals surface area contributed by atoms with Gasteiger partial charge in [0.25, 0.3) is 0 Å². The maximum Gasteiger partial charge on any atom is 0.186 e. The van der Waals surface area contributed by atoms with Gasteiger partial charge in [0.2, 0.25) is 0 Å². The van der Waals surface area contributed by atoms with Crippen LogP contribution in [0.25, 0.3) is 0 Å². The molecule has 4 nitrogen and oxygen atoms in total. The molecule has 92 valence electrons. The first-order chi connectivity index (χ1) is 7.02. The summed E-state index contributed by atoms with van der Waals surface area (Å²) >= 11 is 0. The highest BCUT2D eigenvalue weighted by molar-refractivity contribution is 4.87. The van der Waals surface area contributed by atoms with Crippen molar-refractivity contribution in [1.82, 2.24) is 0 Å². The second-order valence-electron chi connectivity index (χ2n) is 3.87. The molecule has 0 aliphatic carbocycles. The van der Waals surface area contributed by atoms with Gasteiger partial charge in [0.05, 0.1) is 6.10 Å². The molecule has 15 heavy (non-hydrogen) atoms. The van der Waals surface area contributed by atoms with Crippen LogP contribution in [0.2, 0.25) is 0 Å². The number of ether oxygens (including phenoxy) is 1. The minimum atomic E-state index is -1.55. The molecule has 0 aliphatic rings. The predicted octanol–water partition coefficient (Wildman–Crippen LogP) is 1.03. The van der Waals surface area contributed by atoms with E-state index < -0.39 is 18.0 Å². The van der Waals surface area contributed by atoms with Gasteiger partial charge in [0.1, 0.15) is 5.60 Å². The van der Waals surface area contributed by atoms with Crippen molar-refractivity contribution in [3.8, 4) is 0 Å². The summed E-state index contributed by atoms with van der Waals surface area (Å²) < 4.78 is 5.06. The number of aliphatic hydroxyl groups is 3. The van der Waals surface area contributed by atoms with E-state index in [-0.39, 0.29) is 6.42 Å². The Balaban J connectivity index is 4.38. The van der Waals surface area contributed by atoms with E-state index >= 15 is 0 Å². The molecule has 0 radical (unpaired) electrons. The number of hydrogen-bond donors (Lipinski definition) is 3. The van der Waals surface area contributed by atoms with E-state index in [0.29, 0.717) is 13.0 Å². The van der Waals surface area contributed by atoms with Crippen LogP contribution in [0.3, 0.4) is 0 Å². The van der Waals surface area contributed by atoms with Crippen LogP contribution < -0.4 is 0 Å². The summed E-state index contributed by atoms with van der Waals surface area (Å²) in [4.78, 5) is 0. The Hall–Kier alpha value is -0.160. The second kappa shape index (κ2) is 7.17. The number of aliphatic hydroxyl groups excluding tert-OH is 2. The minimum Gasteiger partial charge on any atom is -0.390 e. The third-order valence-electron chi connectivity index (χ3n) is 2.61. The molecule has 0 aliphatic heterocycles. The molecule has 4 heteroatoms. The zero-order chi connectivity index (χ0) is 11.9. The van der Waals surface area contributed by atoms with Crippen LogP contribution in [-0.4, -0.2) is 39.9 Å². The van der Waals surface area contributed by atoms with Gasteiger partial charge in [-0.05, 0) is 19.3 Å². The van der Waals surface area contributed by atoms with E-state index in [9.17, 15) is 15.3 Å². The Morgan fingerprint density at radius 1 is 1.13 bits per heavy atom. The van der Waals surface area contributed by atoms with Gasteiger partial charge in [0, 0.05) is 6.61 Å². The molecule has 0 spiro atoms. The Morgan fingerprint density at radius 3 is 2.13 bits per heavy atom. The van der Waals surface area contributed by atoms with Crippen molar-refractivity contribution < 1.29 is 20.1 Å². The lowest BCUT2D eigenvalue weighted by atomic mass is 9.90. The Labute approximate surface area is 91.9 Å². The van der Waals surface area contributed by atoms with Gasteiger partial charge in [0.15, 0.2) is 6.29 Å². The van der Waals surface area contributed by atoms with Gasteiger partial charge in [-0.15, -0.1) is 0 Å². The summed E-state index contributed by atoms with van der Waals surface area (Å²) in [5, 5.41) is 29.5. The van der Waals surface area contributed by atoms with Crippen molar-refractivity contribution in [2.24, 2.45) is 0 Å². The zero-order valence-electron chi connectivity index (χ0n) is 9.94. The quantitative estimate of drug-likeness (QED) is 0.534.